The van der Waals surface area contributed by atoms with Gasteiger partial charge in [0.15, 0.2) is 11.0 Å². The number of rotatable bonds is 6. The molecule has 0 N–H and O–H groups in total. The van der Waals surface area contributed by atoms with Gasteiger partial charge in [0.2, 0.25) is 0 Å². The van der Waals surface area contributed by atoms with Crippen LogP contribution in [0.3, 0.4) is 0 Å². The van der Waals surface area contributed by atoms with Gasteiger partial charge in [-0.1, -0.05) is 42.1 Å². The normalized spacial score (nSPS) is 10.9. The summed E-state index contributed by atoms with van der Waals surface area (Å²) in [4.78, 5) is 2.06. The van der Waals surface area contributed by atoms with E-state index in [4.69, 9.17) is 0 Å². The summed E-state index contributed by atoms with van der Waals surface area (Å²) >= 11 is 1.50. The van der Waals surface area contributed by atoms with Gasteiger partial charge in [0.05, 0.1) is 0 Å². The van der Waals surface area contributed by atoms with Gasteiger partial charge in [-0.05, 0) is 30.7 Å². The van der Waals surface area contributed by atoms with E-state index in [0.717, 1.165) is 28.8 Å². The molecule has 1 aromatic heterocycles. The van der Waals surface area contributed by atoms with Gasteiger partial charge in [0.1, 0.15) is 5.82 Å². The van der Waals surface area contributed by atoms with E-state index < -0.39 is 0 Å². The summed E-state index contributed by atoms with van der Waals surface area (Å²) in [5.74, 6) is 1.18. The van der Waals surface area contributed by atoms with E-state index >= 15 is 0 Å². The largest absolute Gasteiger partial charge is 0.378 e. The lowest BCUT2D eigenvalue weighted by molar-refractivity contribution is 0.617. The average molecular weight is 356 g/mol. The zero-order valence-electron chi connectivity index (χ0n) is 14.6. The smallest absolute Gasteiger partial charge is 0.191 e. The predicted octanol–water partition coefficient (Wildman–Crippen LogP) is 4.46. The lowest BCUT2D eigenvalue weighted by Crippen LogP contribution is -2.08. The first kappa shape index (κ1) is 17.5. The first-order valence-electron chi connectivity index (χ1n) is 8.17. The van der Waals surface area contributed by atoms with E-state index in [1.165, 1.54) is 17.8 Å². The van der Waals surface area contributed by atoms with Gasteiger partial charge in [0.25, 0.3) is 0 Å². The molecule has 3 rings (SSSR count). The number of thioether (sulfide) groups is 1. The van der Waals surface area contributed by atoms with Crippen molar-refractivity contribution in [1.82, 2.24) is 14.8 Å². The molecule has 0 saturated heterocycles. The van der Waals surface area contributed by atoms with Crippen molar-refractivity contribution in [2.75, 3.05) is 19.0 Å². The van der Waals surface area contributed by atoms with Gasteiger partial charge in [0, 0.05) is 37.6 Å². The van der Waals surface area contributed by atoms with Gasteiger partial charge in [-0.15, -0.1) is 10.2 Å². The van der Waals surface area contributed by atoms with Crippen LogP contribution >= 0.6 is 11.8 Å². The van der Waals surface area contributed by atoms with E-state index in [1.807, 2.05) is 32.3 Å². The van der Waals surface area contributed by atoms with Crippen molar-refractivity contribution in [3.8, 4) is 11.4 Å². The second kappa shape index (κ2) is 7.70. The zero-order valence-corrected chi connectivity index (χ0v) is 15.4. The Morgan fingerprint density at radius 1 is 1.08 bits per heavy atom. The molecule has 0 aliphatic heterocycles. The zero-order chi connectivity index (χ0) is 17.8. The number of aromatic nitrogens is 3. The van der Waals surface area contributed by atoms with Gasteiger partial charge >= 0.3 is 0 Å². The Hall–Kier alpha value is -2.34. The van der Waals surface area contributed by atoms with E-state index in [0.29, 0.717) is 11.3 Å². The molecule has 0 amide bonds. The van der Waals surface area contributed by atoms with Crippen LogP contribution in [0.4, 0.5) is 10.1 Å². The Kier molecular flexibility index (Phi) is 5.38. The minimum atomic E-state index is -0.184. The van der Waals surface area contributed by atoms with Crippen LogP contribution in [0, 0.1) is 5.82 Å². The quantitative estimate of drug-likeness (QED) is 0.611. The highest BCUT2D eigenvalue weighted by Crippen LogP contribution is 2.28. The van der Waals surface area contributed by atoms with Crippen LogP contribution in [0.15, 0.2) is 53.7 Å². The highest BCUT2D eigenvalue weighted by atomic mass is 32.2. The predicted molar refractivity (Wildman–Crippen MR) is 101 cm³/mol. The fraction of sp³-hybridized carbons (Fsp3) is 0.263. The highest BCUT2D eigenvalue weighted by Gasteiger charge is 2.14. The third-order valence-corrected chi connectivity index (χ3v) is 4.98. The Bertz CT molecular complexity index is 860. The summed E-state index contributed by atoms with van der Waals surface area (Å²) in [6.45, 7) is 2.82. The fourth-order valence-corrected chi connectivity index (χ4v) is 3.56. The molecule has 0 fully saturated rings. The standard InChI is InChI=1S/C19H21FN4S/c1-4-24-18(14-9-7-10-16(12-14)23(2)3)21-22-19(24)25-13-15-8-5-6-11-17(15)20/h5-12H,4,13H2,1-3H3. The van der Waals surface area contributed by atoms with Crippen molar-refractivity contribution >= 4 is 17.4 Å². The Balaban J connectivity index is 1.86. The molecule has 130 valence electrons. The molecule has 0 unspecified atom stereocenters. The van der Waals surface area contributed by atoms with Crippen molar-refractivity contribution in [2.45, 2.75) is 24.4 Å². The summed E-state index contributed by atoms with van der Waals surface area (Å²) in [6.07, 6.45) is 0. The van der Waals surface area contributed by atoms with Gasteiger partial charge in [-0.3, -0.25) is 0 Å². The second-order valence-electron chi connectivity index (χ2n) is 5.88. The molecule has 0 aliphatic carbocycles. The molecule has 25 heavy (non-hydrogen) atoms. The van der Waals surface area contributed by atoms with Crippen LogP contribution in [0.1, 0.15) is 12.5 Å². The summed E-state index contributed by atoms with van der Waals surface area (Å²) < 4.78 is 15.9. The van der Waals surface area contributed by atoms with Gasteiger partial charge < -0.3 is 9.47 Å². The SMILES string of the molecule is CCn1c(SCc2ccccc2F)nnc1-c1cccc(N(C)C)c1. The maximum absolute atomic E-state index is 13.8. The van der Waals surface area contributed by atoms with Crippen LogP contribution in [0.25, 0.3) is 11.4 Å². The Labute approximate surface area is 151 Å². The monoisotopic (exact) mass is 356 g/mol. The van der Waals surface area contributed by atoms with Crippen LogP contribution in [0.2, 0.25) is 0 Å². The van der Waals surface area contributed by atoms with Crippen molar-refractivity contribution in [1.29, 1.82) is 0 Å². The van der Waals surface area contributed by atoms with E-state index in [-0.39, 0.29) is 5.82 Å². The van der Waals surface area contributed by atoms with Crippen molar-refractivity contribution < 1.29 is 4.39 Å². The first-order valence-corrected chi connectivity index (χ1v) is 9.16. The summed E-state index contributed by atoms with van der Waals surface area (Å²) in [5.41, 5.74) is 2.82. The fourth-order valence-electron chi connectivity index (χ4n) is 2.58. The Morgan fingerprint density at radius 3 is 2.60 bits per heavy atom. The number of anilines is 1. The average Bonchev–Trinajstić information content (AvgIpc) is 3.04. The molecule has 2 aromatic carbocycles. The first-order chi connectivity index (χ1) is 12.1. The molecular formula is C19H21FN4S. The molecule has 1 heterocycles. The van der Waals surface area contributed by atoms with Gasteiger partial charge in [-0.25, -0.2) is 4.39 Å². The third-order valence-electron chi connectivity index (χ3n) is 3.97. The molecular weight excluding hydrogens is 335 g/mol. The molecule has 3 aromatic rings. The molecule has 0 atom stereocenters. The molecule has 0 saturated carbocycles. The number of halogens is 1. The molecule has 6 heteroatoms. The molecule has 0 bridgehead atoms. The minimum absolute atomic E-state index is 0.184. The summed E-state index contributed by atoms with van der Waals surface area (Å²) in [6, 6.07) is 15.1. The van der Waals surface area contributed by atoms with E-state index in [9.17, 15) is 4.39 Å². The van der Waals surface area contributed by atoms with Crippen LogP contribution in [-0.4, -0.2) is 28.9 Å². The topological polar surface area (TPSA) is 34.0 Å². The lowest BCUT2D eigenvalue weighted by Gasteiger charge is -2.14. The Morgan fingerprint density at radius 2 is 1.88 bits per heavy atom. The van der Waals surface area contributed by atoms with Crippen LogP contribution in [0.5, 0.6) is 0 Å². The maximum Gasteiger partial charge on any atom is 0.191 e. The minimum Gasteiger partial charge on any atom is -0.378 e. The highest BCUT2D eigenvalue weighted by molar-refractivity contribution is 7.98. The van der Waals surface area contributed by atoms with E-state index in [2.05, 4.69) is 38.7 Å². The summed E-state index contributed by atoms with van der Waals surface area (Å²) in [5, 5.41) is 9.50. The van der Waals surface area contributed by atoms with Crippen molar-refractivity contribution in [2.24, 2.45) is 0 Å². The van der Waals surface area contributed by atoms with E-state index in [1.54, 1.807) is 12.1 Å². The number of nitrogens with zero attached hydrogens (tertiary/aromatic N) is 4. The molecule has 4 nitrogen and oxygen atoms in total. The second-order valence-corrected chi connectivity index (χ2v) is 6.82. The number of hydrogen-bond acceptors (Lipinski definition) is 4. The summed E-state index contributed by atoms with van der Waals surface area (Å²) in [7, 11) is 4.03. The van der Waals surface area contributed by atoms with Crippen LogP contribution in [-0.2, 0) is 12.3 Å². The van der Waals surface area contributed by atoms with Gasteiger partial charge in [-0.2, -0.15) is 0 Å². The molecule has 0 aliphatic rings. The number of benzene rings is 2. The number of hydrogen-bond donors (Lipinski definition) is 0. The van der Waals surface area contributed by atoms with Crippen LogP contribution < -0.4 is 4.90 Å². The third kappa shape index (κ3) is 3.85. The lowest BCUT2D eigenvalue weighted by atomic mass is 10.2. The maximum atomic E-state index is 13.8. The van der Waals surface area contributed by atoms with Crippen molar-refractivity contribution in [3.63, 3.8) is 0 Å². The molecule has 0 radical (unpaired) electrons. The van der Waals surface area contributed by atoms with Crippen molar-refractivity contribution in [3.05, 3.63) is 59.9 Å². The molecule has 0 spiro atoms.